The van der Waals surface area contributed by atoms with Crippen molar-refractivity contribution in [1.82, 2.24) is 19.2 Å². The molecular formula is C27H29N5O2S2. The Balaban J connectivity index is 1.45. The van der Waals surface area contributed by atoms with Crippen LogP contribution in [0.1, 0.15) is 30.9 Å². The van der Waals surface area contributed by atoms with Gasteiger partial charge in [0.1, 0.15) is 15.8 Å². The molecule has 2 saturated heterocycles. The lowest BCUT2D eigenvalue weighted by Crippen LogP contribution is -2.47. The molecule has 186 valence electrons. The Morgan fingerprint density at radius 2 is 1.78 bits per heavy atom. The minimum Gasteiger partial charge on any atom is -0.353 e. The van der Waals surface area contributed by atoms with Crippen molar-refractivity contribution in [1.29, 1.82) is 0 Å². The molecule has 4 heterocycles. The minimum atomic E-state index is -0.179. The summed E-state index contributed by atoms with van der Waals surface area (Å²) in [5.41, 5.74) is 2.14. The molecule has 0 spiro atoms. The summed E-state index contributed by atoms with van der Waals surface area (Å²) in [5.74, 6) is 0.499. The Morgan fingerprint density at radius 1 is 1.03 bits per heavy atom. The number of rotatable bonds is 7. The molecule has 1 amide bonds. The van der Waals surface area contributed by atoms with Gasteiger partial charge in [0.15, 0.2) is 0 Å². The topological polar surface area (TPSA) is 61.2 Å². The van der Waals surface area contributed by atoms with Gasteiger partial charge in [-0.1, -0.05) is 73.7 Å². The Kier molecular flexibility index (Phi) is 7.50. The maximum atomic E-state index is 13.6. The molecule has 7 nitrogen and oxygen atoms in total. The fourth-order valence-electron chi connectivity index (χ4n) is 4.56. The minimum absolute atomic E-state index is 0.130. The van der Waals surface area contributed by atoms with E-state index in [1.165, 1.54) is 17.3 Å². The molecule has 36 heavy (non-hydrogen) atoms. The highest BCUT2D eigenvalue weighted by molar-refractivity contribution is 8.26. The Labute approximate surface area is 220 Å². The zero-order chi connectivity index (χ0) is 25.1. The molecule has 1 aromatic carbocycles. The third-order valence-corrected chi connectivity index (χ3v) is 7.93. The predicted octanol–water partition coefficient (Wildman–Crippen LogP) is 4.02. The molecule has 0 bridgehead atoms. The van der Waals surface area contributed by atoms with Gasteiger partial charge < -0.3 is 4.90 Å². The first-order valence-electron chi connectivity index (χ1n) is 12.3. The number of thioether (sulfide) groups is 1. The van der Waals surface area contributed by atoms with E-state index in [1.807, 2.05) is 24.3 Å². The van der Waals surface area contributed by atoms with Gasteiger partial charge in [-0.05, 0) is 30.2 Å². The molecule has 0 unspecified atom stereocenters. The third kappa shape index (κ3) is 5.09. The summed E-state index contributed by atoms with van der Waals surface area (Å²) in [6, 6.07) is 16.0. The van der Waals surface area contributed by atoms with Crippen LogP contribution in [0.3, 0.4) is 0 Å². The van der Waals surface area contributed by atoms with Crippen LogP contribution in [0.2, 0.25) is 0 Å². The first-order chi connectivity index (χ1) is 17.5. The van der Waals surface area contributed by atoms with E-state index in [1.54, 1.807) is 21.6 Å². The molecule has 3 aromatic rings. The maximum absolute atomic E-state index is 13.6. The molecule has 0 N–H and O–H groups in total. The number of benzene rings is 1. The van der Waals surface area contributed by atoms with Crippen LogP contribution in [0.15, 0.2) is 64.4 Å². The molecule has 5 rings (SSSR count). The van der Waals surface area contributed by atoms with Gasteiger partial charge in [0.2, 0.25) is 0 Å². The van der Waals surface area contributed by atoms with E-state index >= 15 is 0 Å². The number of thiocarbonyl (C=S) groups is 1. The fraction of sp³-hybridized carbons (Fsp3) is 0.333. The van der Waals surface area contributed by atoms with E-state index in [-0.39, 0.29) is 11.5 Å². The van der Waals surface area contributed by atoms with Crippen LogP contribution in [0, 0.1) is 0 Å². The Bertz CT molecular complexity index is 1360. The zero-order valence-corrected chi connectivity index (χ0v) is 21.9. The number of fused-ring (bicyclic) bond motifs is 1. The quantitative estimate of drug-likeness (QED) is 0.345. The number of unbranched alkanes of at least 4 members (excludes halogenated alkanes) is 1. The smallest absolute Gasteiger partial charge is 0.267 e. The Morgan fingerprint density at radius 3 is 2.53 bits per heavy atom. The molecule has 0 radical (unpaired) electrons. The number of anilines is 1. The molecular weight excluding hydrogens is 490 g/mol. The van der Waals surface area contributed by atoms with Gasteiger partial charge in [0, 0.05) is 45.5 Å². The highest BCUT2D eigenvalue weighted by atomic mass is 32.2. The van der Waals surface area contributed by atoms with Gasteiger partial charge >= 0.3 is 0 Å². The number of piperazine rings is 1. The predicted molar refractivity (Wildman–Crippen MR) is 150 cm³/mol. The van der Waals surface area contributed by atoms with Crippen molar-refractivity contribution in [3.63, 3.8) is 0 Å². The van der Waals surface area contributed by atoms with Crippen molar-refractivity contribution >= 4 is 51.7 Å². The second-order valence-electron chi connectivity index (χ2n) is 9.02. The number of hydrogen-bond donors (Lipinski definition) is 0. The number of amides is 1. The van der Waals surface area contributed by atoms with Crippen LogP contribution < -0.4 is 10.5 Å². The van der Waals surface area contributed by atoms with Gasteiger partial charge in [-0.15, -0.1) is 0 Å². The van der Waals surface area contributed by atoms with Gasteiger partial charge in [0.25, 0.3) is 11.5 Å². The summed E-state index contributed by atoms with van der Waals surface area (Å²) in [6.45, 7) is 6.81. The van der Waals surface area contributed by atoms with Crippen molar-refractivity contribution in [3.05, 3.63) is 81.1 Å². The van der Waals surface area contributed by atoms with E-state index in [4.69, 9.17) is 17.2 Å². The van der Waals surface area contributed by atoms with E-state index in [0.717, 1.165) is 45.6 Å². The molecule has 2 fully saturated rings. The summed E-state index contributed by atoms with van der Waals surface area (Å²) in [6.07, 6.45) is 5.28. The van der Waals surface area contributed by atoms with Gasteiger partial charge in [-0.25, -0.2) is 4.98 Å². The highest BCUT2D eigenvalue weighted by Gasteiger charge is 2.32. The first-order valence-corrected chi connectivity index (χ1v) is 13.6. The average molecular weight is 520 g/mol. The lowest BCUT2D eigenvalue weighted by Gasteiger charge is -2.36. The summed E-state index contributed by atoms with van der Waals surface area (Å²) in [7, 11) is 0. The van der Waals surface area contributed by atoms with Crippen molar-refractivity contribution < 1.29 is 4.79 Å². The number of hydrogen-bond acceptors (Lipinski definition) is 7. The summed E-state index contributed by atoms with van der Waals surface area (Å²) < 4.78 is 2.09. The Hall–Kier alpha value is -3.01. The summed E-state index contributed by atoms with van der Waals surface area (Å²) in [4.78, 5) is 38.3. The SMILES string of the molecule is CCCCN1C(=O)/C(=C/c2c(N3CCN(Cc4ccccc4)CC3)nc3ccccn3c2=O)SC1=S. The van der Waals surface area contributed by atoms with Crippen molar-refractivity contribution in [3.8, 4) is 0 Å². The molecule has 9 heteroatoms. The average Bonchev–Trinajstić information content (AvgIpc) is 3.17. The summed E-state index contributed by atoms with van der Waals surface area (Å²) in [5, 5.41) is 0. The first kappa shape index (κ1) is 24.7. The molecule has 0 atom stereocenters. The normalized spacial score (nSPS) is 18.1. The maximum Gasteiger partial charge on any atom is 0.267 e. The van der Waals surface area contributed by atoms with E-state index < -0.39 is 0 Å². The molecule has 0 saturated carbocycles. The standard InChI is InChI=1S/C27H29N5O2S2/c1-2-3-12-32-26(34)22(36-27(32)35)18-21-24(28-23-11-7-8-13-31(23)25(21)33)30-16-14-29(15-17-30)19-20-9-5-4-6-10-20/h4-11,13,18H,2-3,12,14-17,19H2,1H3/b22-18-. The van der Waals surface area contributed by atoms with Crippen LogP contribution in [-0.2, 0) is 11.3 Å². The van der Waals surface area contributed by atoms with Crippen molar-refractivity contribution in [2.75, 3.05) is 37.6 Å². The number of carbonyl (C=O) groups excluding carboxylic acids is 1. The van der Waals surface area contributed by atoms with Crippen LogP contribution in [0.5, 0.6) is 0 Å². The van der Waals surface area contributed by atoms with Crippen LogP contribution in [-0.4, -0.2) is 62.1 Å². The van der Waals surface area contributed by atoms with Gasteiger partial charge in [-0.2, -0.15) is 0 Å². The van der Waals surface area contributed by atoms with Crippen molar-refractivity contribution in [2.24, 2.45) is 0 Å². The lowest BCUT2D eigenvalue weighted by atomic mass is 10.2. The number of nitrogens with zero attached hydrogens (tertiary/aromatic N) is 5. The monoisotopic (exact) mass is 519 g/mol. The fourth-order valence-corrected chi connectivity index (χ4v) is 5.85. The van der Waals surface area contributed by atoms with Crippen LogP contribution >= 0.6 is 24.0 Å². The van der Waals surface area contributed by atoms with Crippen LogP contribution in [0.25, 0.3) is 11.7 Å². The third-order valence-electron chi connectivity index (χ3n) is 6.55. The van der Waals surface area contributed by atoms with E-state index in [9.17, 15) is 9.59 Å². The highest BCUT2D eigenvalue weighted by Crippen LogP contribution is 2.33. The zero-order valence-electron chi connectivity index (χ0n) is 20.3. The van der Waals surface area contributed by atoms with E-state index in [2.05, 4.69) is 41.0 Å². The molecule has 2 aliphatic rings. The second-order valence-corrected chi connectivity index (χ2v) is 10.7. The number of carbonyl (C=O) groups is 1. The number of aromatic nitrogens is 2. The van der Waals surface area contributed by atoms with Crippen LogP contribution in [0.4, 0.5) is 5.82 Å². The van der Waals surface area contributed by atoms with Gasteiger partial charge in [-0.3, -0.25) is 23.8 Å². The largest absolute Gasteiger partial charge is 0.353 e. The van der Waals surface area contributed by atoms with Gasteiger partial charge in [0.05, 0.1) is 10.5 Å². The van der Waals surface area contributed by atoms with Crippen molar-refractivity contribution in [2.45, 2.75) is 26.3 Å². The molecule has 2 aromatic heterocycles. The number of pyridine rings is 1. The molecule has 0 aliphatic carbocycles. The molecule has 2 aliphatic heterocycles. The lowest BCUT2D eigenvalue weighted by molar-refractivity contribution is -0.122. The van der Waals surface area contributed by atoms with E-state index in [0.29, 0.717) is 32.8 Å². The second kappa shape index (κ2) is 10.9. The summed E-state index contributed by atoms with van der Waals surface area (Å²) >= 11 is 6.74.